The van der Waals surface area contributed by atoms with Gasteiger partial charge in [-0.1, -0.05) is 51.9 Å². The zero-order chi connectivity index (χ0) is 21.5. The minimum absolute atomic E-state index is 0.0830. The van der Waals surface area contributed by atoms with Gasteiger partial charge >= 0.3 is 12.1 Å². The third-order valence-corrected chi connectivity index (χ3v) is 5.14. The Morgan fingerprint density at radius 2 is 1.41 bits per heavy atom. The van der Waals surface area contributed by atoms with E-state index >= 15 is 0 Å². The molecule has 0 atom stereocenters. The van der Waals surface area contributed by atoms with Crippen LogP contribution in [0.4, 0.5) is 4.79 Å². The minimum atomic E-state index is -0.455. The Kier molecular flexibility index (Phi) is 13.0. The lowest BCUT2D eigenvalue weighted by Crippen LogP contribution is -2.50. The first-order valence-electron chi connectivity index (χ1n) is 11.7. The van der Waals surface area contributed by atoms with Crippen LogP contribution in [0.15, 0.2) is 0 Å². The van der Waals surface area contributed by atoms with Gasteiger partial charge in [-0.05, 0) is 40.2 Å². The van der Waals surface area contributed by atoms with Gasteiger partial charge in [-0.2, -0.15) is 0 Å². The molecule has 0 spiro atoms. The largest absolute Gasteiger partial charge is 0.466 e. The van der Waals surface area contributed by atoms with Crippen molar-refractivity contribution < 1.29 is 19.1 Å². The molecule has 0 aliphatic carbocycles. The molecule has 1 amide bonds. The van der Waals surface area contributed by atoms with Crippen LogP contribution in [-0.4, -0.2) is 66.8 Å². The number of ether oxygens (including phenoxy) is 2. The highest BCUT2D eigenvalue weighted by molar-refractivity contribution is 5.69. The molecule has 1 fully saturated rings. The standard InChI is InChI=1S/C23H44N2O4/c1-5-6-7-8-9-10-11-12-20-28-21(26)14-13-15-24-16-18-25(19-17-24)22(27)29-23(2,3)4/h5-20H2,1-4H3. The van der Waals surface area contributed by atoms with Gasteiger partial charge in [0.1, 0.15) is 5.60 Å². The second kappa shape index (κ2) is 14.6. The van der Waals surface area contributed by atoms with Crippen LogP contribution in [0.2, 0.25) is 0 Å². The Labute approximate surface area is 178 Å². The maximum atomic E-state index is 12.1. The summed E-state index contributed by atoms with van der Waals surface area (Å²) in [4.78, 5) is 28.0. The van der Waals surface area contributed by atoms with Crippen molar-refractivity contribution in [2.75, 3.05) is 39.3 Å². The van der Waals surface area contributed by atoms with E-state index in [9.17, 15) is 9.59 Å². The Hall–Kier alpha value is -1.30. The van der Waals surface area contributed by atoms with Gasteiger partial charge in [0.25, 0.3) is 0 Å². The Bertz CT molecular complexity index is 454. The summed E-state index contributed by atoms with van der Waals surface area (Å²) in [6, 6.07) is 0. The number of carbonyl (C=O) groups excluding carboxylic acids is 2. The SMILES string of the molecule is CCCCCCCCCCOC(=O)CCCN1CCN(C(=O)OC(C)(C)C)CC1. The van der Waals surface area contributed by atoms with Gasteiger partial charge < -0.3 is 14.4 Å². The first-order valence-corrected chi connectivity index (χ1v) is 11.7. The highest BCUT2D eigenvalue weighted by atomic mass is 16.6. The molecule has 1 heterocycles. The maximum absolute atomic E-state index is 12.1. The number of carbonyl (C=O) groups is 2. The molecule has 1 saturated heterocycles. The molecule has 0 saturated carbocycles. The molecule has 0 bridgehead atoms. The summed E-state index contributed by atoms with van der Waals surface area (Å²) in [7, 11) is 0. The molecule has 6 heteroatoms. The van der Waals surface area contributed by atoms with Crippen LogP contribution >= 0.6 is 0 Å². The van der Waals surface area contributed by atoms with Gasteiger partial charge in [0, 0.05) is 32.6 Å². The predicted molar refractivity (Wildman–Crippen MR) is 117 cm³/mol. The van der Waals surface area contributed by atoms with Crippen molar-refractivity contribution in [3.05, 3.63) is 0 Å². The normalized spacial score (nSPS) is 15.4. The fourth-order valence-electron chi connectivity index (χ4n) is 3.42. The molecule has 0 unspecified atom stereocenters. The Morgan fingerprint density at radius 1 is 0.828 bits per heavy atom. The van der Waals surface area contributed by atoms with Gasteiger partial charge in [0.2, 0.25) is 0 Å². The minimum Gasteiger partial charge on any atom is -0.466 e. The second-order valence-corrected chi connectivity index (χ2v) is 9.11. The molecule has 0 N–H and O–H groups in total. The first-order chi connectivity index (χ1) is 13.8. The number of nitrogens with zero attached hydrogens (tertiary/aromatic N) is 2. The molecule has 0 aromatic heterocycles. The molecule has 29 heavy (non-hydrogen) atoms. The number of unbranched alkanes of at least 4 members (excludes halogenated alkanes) is 7. The van der Waals surface area contributed by atoms with E-state index in [1.807, 2.05) is 20.8 Å². The van der Waals surface area contributed by atoms with Crippen molar-refractivity contribution in [1.29, 1.82) is 0 Å². The van der Waals surface area contributed by atoms with E-state index in [1.165, 1.54) is 38.5 Å². The molecule has 1 aliphatic rings. The van der Waals surface area contributed by atoms with Crippen molar-refractivity contribution in [2.24, 2.45) is 0 Å². The number of rotatable bonds is 13. The summed E-state index contributed by atoms with van der Waals surface area (Å²) in [5, 5.41) is 0. The van der Waals surface area contributed by atoms with Gasteiger partial charge in [0.05, 0.1) is 6.61 Å². The van der Waals surface area contributed by atoms with Crippen LogP contribution in [0.3, 0.4) is 0 Å². The Balaban J connectivity index is 1.98. The molecule has 0 radical (unpaired) electrons. The van der Waals surface area contributed by atoms with Crippen molar-refractivity contribution in [3.8, 4) is 0 Å². The third-order valence-electron chi connectivity index (χ3n) is 5.14. The van der Waals surface area contributed by atoms with Crippen molar-refractivity contribution in [3.63, 3.8) is 0 Å². The van der Waals surface area contributed by atoms with Crippen molar-refractivity contribution in [1.82, 2.24) is 9.80 Å². The number of piperazine rings is 1. The smallest absolute Gasteiger partial charge is 0.410 e. The monoisotopic (exact) mass is 412 g/mol. The summed E-state index contributed by atoms with van der Waals surface area (Å²) in [5.74, 6) is -0.0830. The Morgan fingerprint density at radius 3 is 2.00 bits per heavy atom. The number of esters is 1. The second-order valence-electron chi connectivity index (χ2n) is 9.11. The summed E-state index contributed by atoms with van der Waals surface area (Å²) >= 11 is 0. The van der Waals surface area contributed by atoms with Gasteiger partial charge in [-0.15, -0.1) is 0 Å². The average Bonchev–Trinajstić information content (AvgIpc) is 2.66. The highest BCUT2D eigenvalue weighted by Gasteiger charge is 2.25. The maximum Gasteiger partial charge on any atom is 0.410 e. The lowest BCUT2D eigenvalue weighted by atomic mass is 10.1. The molecule has 0 aromatic rings. The fourth-order valence-corrected chi connectivity index (χ4v) is 3.42. The van der Waals surface area contributed by atoms with Crippen molar-refractivity contribution >= 4 is 12.1 Å². The van der Waals surface area contributed by atoms with E-state index in [2.05, 4.69) is 11.8 Å². The van der Waals surface area contributed by atoms with E-state index in [1.54, 1.807) is 4.90 Å². The van der Waals surface area contributed by atoms with E-state index in [4.69, 9.17) is 9.47 Å². The van der Waals surface area contributed by atoms with E-state index in [-0.39, 0.29) is 12.1 Å². The van der Waals surface area contributed by atoms with Crippen LogP contribution in [0.25, 0.3) is 0 Å². The van der Waals surface area contributed by atoms with Crippen LogP contribution in [-0.2, 0) is 14.3 Å². The number of amides is 1. The lowest BCUT2D eigenvalue weighted by molar-refractivity contribution is -0.144. The third kappa shape index (κ3) is 13.5. The molecule has 170 valence electrons. The first kappa shape index (κ1) is 25.7. The van der Waals surface area contributed by atoms with Crippen LogP contribution < -0.4 is 0 Å². The van der Waals surface area contributed by atoms with E-state index in [0.29, 0.717) is 26.1 Å². The van der Waals surface area contributed by atoms with E-state index in [0.717, 1.165) is 38.9 Å². The summed E-state index contributed by atoms with van der Waals surface area (Å²) in [6.45, 7) is 12.3. The van der Waals surface area contributed by atoms with Crippen LogP contribution in [0, 0.1) is 0 Å². The van der Waals surface area contributed by atoms with Crippen molar-refractivity contribution in [2.45, 2.75) is 97.5 Å². The van der Waals surface area contributed by atoms with Gasteiger partial charge in [-0.25, -0.2) is 4.79 Å². The molecule has 6 nitrogen and oxygen atoms in total. The molecule has 0 aromatic carbocycles. The quantitative estimate of drug-likeness (QED) is 0.315. The number of hydrogen-bond acceptors (Lipinski definition) is 5. The van der Waals surface area contributed by atoms with Crippen LogP contribution in [0.1, 0.15) is 91.9 Å². The zero-order valence-electron chi connectivity index (χ0n) is 19.3. The zero-order valence-corrected chi connectivity index (χ0v) is 19.3. The molecular formula is C23H44N2O4. The molecule has 1 aliphatic heterocycles. The molecular weight excluding hydrogens is 368 g/mol. The van der Waals surface area contributed by atoms with Gasteiger partial charge in [0.15, 0.2) is 0 Å². The van der Waals surface area contributed by atoms with E-state index < -0.39 is 5.60 Å². The van der Waals surface area contributed by atoms with Gasteiger partial charge in [-0.3, -0.25) is 9.69 Å². The lowest BCUT2D eigenvalue weighted by Gasteiger charge is -2.35. The van der Waals surface area contributed by atoms with Crippen LogP contribution in [0.5, 0.6) is 0 Å². The molecule has 1 rings (SSSR count). The summed E-state index contributed by atoms with van der Waals surface area (Å²) in [6.07, 6.45) is 11.0. The topological polar surface area (TPSA) is 59.1 Å². The average molecular weight is 413 g/mol. The summed E-state index contributed by atoms with van der Waals surface area (Å²) < 4.78 is 10.8. The highest BCUT2D eigenvalue weighted by Crippen LogP contribution is 2.12. The fraction of sp³-hybridized carbons (Fsp3) is 0.913. The number of hydrogen-bond donors (Lipinski definition) is 0. The summed E-state index contributed by atoms with van der Waals surface area (Å²) in [5.41, 5.74) is -0.455. The predicted octanol–water partition coefficient (Wildman–Crippen LogP) is 5.00.